The van der Waals surface area contributed by atoms with Crippen LogP contribution < -0.4 is 10.6 Å². The maximum atomic E-state index is 11.6. The molecule has 2 amide bonds. The predicted octanol–water partition coefficient (Wildman–Crippen LogP) is 1.96. The molecule has 0 bridgehead atoms. The highest BCUT2D eigenvalue weighted by atomic mass is 16.2. The first-order chi connectivity index (χ1) is 9.02. The molecule has 0 aromatic heterocycles. The Balaban J connectivity index is 2.44. The summed E-state index contributed by atoms with van der Waals surface area (Å²) in [6, 6.07) is 6.63. The average Bonchev–Trinajstić information content (AvgIpc) is 2.38. The number of carbonyl (C=O) groups excluding carboxylic acids is 2. The van der Waals surface area contributed by atoms with Crippen molar-refractivity contribution < 1.29 is 9.59 Å². The van der Waals surface area contributed by atoms with Crippen LogP contribution in [0, 0.1) is 0 Å². The van der Waals surface area contributed by atoms with Gasteiger partial charge in [-0.05, 0) is 32.6 Å². The second-order valence-corrected chi connectivity index (χ2v) is 4.41. The van der Waals surface area contributed by atoms with Crippen LogP contribution in [0.2, 0.25) is 0 Å². The van der Waals surface area contributed by atoms with Gasteiger partial charge in [0.05, 0.1) is 0 Å². The molecule has 0 fully saturated rings. The number of amides is 2. The lowest BCUT2D eigenvalue weighted by molar-refractivity contribution is 0.101. The van der Waals surface area contributed by atoms with Crippen molar-refractivity contribution in [3.8, 4) is 0 Å². The van der Waals surface area contributed by atoms with Crippen LogP contribution in [0.25, 0.3) is 0 Å². The van der Waals surface area contributed by atoms with Gasteiger partial charge in [-0.2, -0.15) is 0 Å². The zero-order valence-corrected chi connectivity index (χ0v) is 11.7. The SMILES string of the molecule is CCN(C)CCNC(=O)Nc1cccc(C(C)=O)c1. The summed E-state index contributed by atoms with van der Waals surface area (Å²) in [4.78, 5) is 25.0. The van der Waals surface area contributed by atoms with E-state index in [1.165, 1.54) is 6.92 Å². The van der Waals surface area contributed by atoms with Crippen molar-refractivity contribution in [2.45, 2.75) is 13.8 Å². The molecule has 104 valence electrons. The Labute approximate surface area is 114 Å². The third-order valence-corrected chi connectivity index (χ3v) is 2.85. The van der Waals surface area contributed by atoms with Gasteiger partial charge in [-0.1, -0.05) is 19.1 Å². The maximum absolute atomic E-state index is 11.6. The van der Waals surface area contributed by atoms with Gasteiger partial charge >= 0.3 is 6.03 Å². The van der Waals surface area contributed by atoms with Crippen molar-refractivity contribution in [1.29, 1.82) is 0 Å². The fourth-order valence-electron chi connectivity index (χ4n) is 1.51. The lowest BCUT2D eigenvalue weighted by atomic mass is 10.1. The van der Waals surface area contributed by atoms with Gasteiger partial charge in [0.25, 0.3) is 0 Å². The van der Waals surface area contributed by atoms with Crippen LogP contribution in [0.15, 0.2) is 24.3 Å². The van der Waals surface area contributed by atoms with E-state index in [0.717, 1.165) is 13.1 Å². The predicted molar refractivity (Wildman–Crippen MR) is 76.6 cm³/mol. The number of benzene rings is 1. The first-order valence-corrected chi connectivity index (χ1v) is 6.37. The van der Waals surface area contributed by atoms with E-state index < -0.39 is 0 Å². The number of nitrogens with one attached hydrogen (secondary N) is 2. The first kappa shape index (κ1) is 15.2. The number of ketones is 1. The monoisotopic (exact) mass is 263 g/mol. The summed E-state index contributed by atoms with van der Waals surface area (Å²) in [5.74, 6) is -0.0198. The fraction of sp³-hybridized carbons (Fsp3) is 0.429. The van der Waals surface area contributed by atoms with Crippen molar-refractivity contribution >= 4 is 17.5 Å². The van der Waals surface area contributed by atoms with E-state index in [4.69, 9.17) is 0 Å². The maximum Gasteiger partial charge on any atom is 0.319 e. The van der Waals surface area contributed by atoms with E-state index in [2.05, 4.69) is 22.5 Å². The third kappa shape index (κ3) is 5.52. The average molecular weight is 263 g/mol. The minimum Gasteiger partial charge on any atom is -0.337 e. The number of nitrogens with zero attached hydrogens (tertiary/aromatic N) is 1. The zero-order chi connectivity index (χ0) is 14.3. The highest BCUT2D eigenvalue weighted by Gasteiger charge is 2.04. The van der Waals surface area contributed by atoms with Gasteiger partial charge in [0.1, 0.15) is 0 Å². The van der Waals surface area contributed by atoms with Crippen molar-refractivity contribution in [2.24, 2.45) is 0 Å². The topological polar surface area (TPSA) is 61.4 Å². The molecule has 2 N–H and O–H groups in total. The molecule has 0 atom stereocenters. The van der Waals surface area contributed by atoms with Crippen molar-refractivity contribution in [1.82, 2.24) is 10.2 Å². The second-order valence-electron chi connectivity index (χ2n) is 4.41. The van der Waals surface area contributed by atoms with Gasteiger partial charge in [0, 0.05) is 24.3 Å². The summed E-state index contributed by atoms with van der Waals surface area (Å²) in [6.45, 7) is 5.90. The van der Waals surface area contributed by atoms with Gasteiger partial charge < -0.3 is 15.5 Å². The number of rotatable bonds is 6. The number of likely N-dealkylation sites (N-methyl/N-ethyl adjacent to an activating group) is 1. The molecule has 0 heterocycles. The second kappa shape index (κ2) is 7.53. The summed E-state index contributed by atoms with van der Waals surface area (Å²) in [5, 5.41) is 5.48. The van der Waals surface area contributed by atoms with Gasteiger partial charge in [-0.3, -0.25) is 4.79 Å². The Morgan fingerprint density at radius 3 is 2.68 bits per heavy atom. The molecule has 0 unspecified atom stereocenters. The minimum absolute atomic E-state index is 0.0198. The molecule has 1 aromatic rings. The smallest absolute Gasteiger partial charge is 0.319 e. The number of hydrogen-bond donors (Lipinski definition) is 2. The highest BCUT2D eigenvalue weighted by Crippen LogP contribution is 2.10. The Bertz CT molecular complexity index is 446. The third-order valence-electron chi connectivity index (χ3n) is 2.85. The van der Waals surface area contributed by atoms with E-state index in [1.54, 1.807) is 24.3 Å². The number of hydrogen-bond acceptors (Lipinski definition) is 3. The van der Waals surface area contributed by atoms with Crippen LogP contribution >= 0.6 is 0 Å². The molecule has 0 radical (unpaired) electrons. The number of urea groups is 1. The van der Waals surface area contributed by atoms with E-state index in [0.29, 0.717) is 17.8 Å². The van der Waals surface area contributed by atoms with Crippen LogP contribution in [0.3, 0.4) is 0 Å². The Morgan fingerprint density at radius 1 is 1.32 bits per heavy atom. The molecule has 0 aliphatic heterocycles. The van der Waals surface area contributed by atoms with Crippen LogP contribution in [-0.2, 0) is 0 Å². The highest BCUT2D eigenvalue weighted by molar-refractivity contribution is 5.96. The van der Waals surface area contributed by atoms with E-state index >= 15 is 0 Å². The molecule has 1 aromatic carbocycles. The summed E-state index contributed by atoms with van der Waals surface area (Å²) < 4.78 is 0. The van der Waals surface area contributed by atoms with Crippen LogP contribution in [-0.4, -0.2) is 43.4 Å². The molecule has 19 heavy (non-hydrogen) atoms. The van der Waals surface area contributed by atoms with Gasteiger partial charge in [-0.25, -0.2) is 4.79 Å². The van der Waals surface area contributed by atoms with Gasteiger partial charge in [-0.15, -0.1) is 0 Å². The van der Waals surface area contributed by atoms with Crippen molar-refractivity contribution in [3.05, 3.63) is 29.8 Å². The van der Waals surface area contributed by atoms with E-state index in [1.807, 2.05) is 7.05 Å². The molecule has 5 heteroatoms. The van der Waals surface area contributed by atoms with Crippen LogP contribution in [0.4, 0.5) is 10.5 Å². The van der Waals surface area contributed by atoms with Crippen molar-refractivity contribution in [3.63, 3.8) is 0 Å². The normalized spacial score (nSPS) is 10.3. The Morgan fingerprint density at radius 2 is 2.05 bits per heavy atom. The van der Waals surface area contributed by atoms with Gasteiger partial charge in [0.15, 0.2) is 5.78 Å². The summed E-state index contributed by atoms with van der Waals surface area (Å²) in [7, 11) is 2.00. The number of anilines is 1. The fourth-order valence-corrected chi connectivity index (χ4v) is 1.51. The quantitative estimate of drug-likeness (QED) is 0.771. The largest absolute Gasteiger partial charge is 0.337 e. The molecular formula is C14H21N3O2. The number of Topliss-reactive ketones (excluding diaryl/α,β-unsaturated/α-hetero) is 1. The molecule has 0 aliphatic carbocycles. The minimum atomic E-state index is -0.259. The molecule has 0 aliphatic rings. The Hall–Kier alpha value is -1.88. The lowest BCUT2D eigenvalue weighted by Gasteiger charge is -2.14. The molecular weight excluding hydrogens is 242 g/mol. The van der Waals surface area contributed by atoms with Crippen LogP contribution in [0.1, 0.15) is 24.2 Å². The van der Waals surface area contributed by atoms with E-state index in [9.17, 15) is 9.59 Å². The molecule has 5 nitrogen and oxygen atoms in total. The Kier molecular flexibility index (Phi) is 6.02. The first-order valence-electron chi connectivity index (χ1n) is 6.37. The molecule has 0 spiro atoms. The summed E-state index contributed by atoms with van der Waals surface area (Å²) >= 11 is 0. The summed E-state index contributed by atoms with van der Waals surface area (Å²) in [5.41, 5.74) is 1.21. The van der Waals surface area contributed by atoms with Crippen molar-refractivity contribution in [2.75, 3.05) is 32.0 Å². The number of carbonyl (C=O) groups is 2. The van der Waals surface area contributed by atoms with E-state index in [-0.39, 0.29) is 11.8 Å². The molecule has 0 saturated heterocycles. The summed E-state index contributed by atoms with van der Waals surface area (Å²) in [6.07, 6.45) is 0. The standard InChI is InChI=1S/C14H21N3O2/c1-4-17(3)9-8-15-14(19)16-13-7-5-6-12(10-13)11(2)18/h5-7,10H,4,8-9H2,1-3H3,(H2,15,16,19). The lowest BCUT2D eigenvalue weighted by Crippen LogP contribution is -2.35. The molecule has 0 saturated carbocycles. The van der Waals surface area contributed by atoms with Gasteiger partial charge in [0.2, 0.25) is 0 Å². The molecule has 1 rings (SSSR count). The zero-order valence-electron chi connectivity index (χ0n) is 11.7. The van der Waals surface area contributed by atoms with Crippen LogP contribution in [0.5, 0.6) is 0 Å².